The number of halogens is 1. The zero-order chi connectivity index (χ0) is 7.56. The SMILES string of the molecule is O=c1cc(Cl)cccc1O. The molecule has 1 N–H and O–H groups in total. The highest BCUT2D eigenvalue weighted by Crippen LogP contribution is 2.05. The normalized spacial score (nSPS) is 9.30. The van der Waals surface area contributed by atoms with Crippen molar-refractivity contribution in [1.29, 1.82) is 0 Å². The summed E-state index contributed by atoms with van der Waals surface area (Å²) >= 11 is 5.49. The summed E-state index contributed by atoms with van der Waals surface area (Å²) in [4.78, 5) is 10.7. The second-order valence-corrected chi connectivity index (χ2v) is 2.24. The standard InChI is InChI=1S/C7H5ClO2/c8-5-2-1-3-6(9)7(10)4-5/h1-4H,(H,9,10). The second kappa shape index (κ2) is 2.71. The summed E-state index contributed by atoms with van der Waals surface area (Å²) < 4.78 is 0. The molecule has 3 heteroatoms. The maximum absolute atomic E-state index is 10.7. The van der Waals surface area contributed by atoms with Gasteiger partial charge in [-0.1, -0.05) is 17.7 Å². The second-order valence-electron chi connectivity index (χ2n) is 1.80. The minimum atomic E-state index is -0.463. The molecule has 0 aliphatic rings. The molecular weight excluding hydrogens is 152 g/mol. The highest BCUT2D eigenvalue weighted by molar-refractivity contribution is 6.30. The van der Waals surface area contributed by atoms with Crippen LogP contribution in [0.1, 0.15) is 0 Å². The molecule has 0 aromatic heterocycles. The van der Waals surface area contributed by atoms with E-state index in [1.54, 1.807) is 0 Å². The maximum Gasteiger partial charge on any atom is 0.221 e. The van der Waals surface area contributed by atoms with Crippen molar-refractivity contribution in [2.24, 2.45) is 0 Å². The third kappa shape index (κ3) is 1.48. The first-order valence-corrected chi connectivity index (χ1v) is 3.07. The molecule has 2 nitrogen and oxygen atoms in total. The van der Waals surface area contributed by atoms with Gasteiger partial charge in [-0.25, -0.2) is 0 Å². The van der Waals surface area contributed by atoms with Gasteiger partial charge >= 0.3 is 0 Å². The van der Waals surface area contributed by atoms with Gasteiger partial charge in [0.15, 0.2) is 5.75 Å². The molecule has 0 bridgehead atoms. The summed E-state index contributed by atoms with van der Waals surface area (Å²) in [6, 6.07) is 5.51. The highest BCUT2D eigenvalue weighted by Gasteiger charge is 1.91. The Balaban J connectivity index is 3.46. The molecule has 0 aliphatic carbocycles. The topological polar surface area (TPSA) is 37.3 Å². The third-order valence-electron chi connectivity index (χ3n) is 1.03. The van der Waals surface area contributed by atoms with E-state index in [2.05, 4.69) is 0 Å². The molecule has 0 amide bonds. The number of rotatable bonds is 0. The minimum absolute atomic E-state index is 0.285. The predicted octanol–water partition coefficient (Wildman–Crippen LogP) is 1.41. The van der Waals surface area contributed by atoms with Crippen molar-refractivity contribution in [2.45, 2.75) is 0 Å². The Bertz CT molecular complexity index is 296. The molecule has 1 aromatic rings. The van der Waals surface area contributed by atoms with Gasteiger partial charge in [-0.3, -0.25) is 4.79 Å². The largest absolute Gasteiger partial charge is 0.504 e. The van der Waals surface area contributed by atoms with Gasteiger partial charge in [0.05, 0.1) is 0 Å². The molecule has 0 aliphatic heterocycles. The van der Waals surface area contributed by atoms with Crippen LogP contribution in [0, 0.1) is 0 Å². The zero-order valence-electron chi connectivity index (χ0n) is 5.04. The van der Waals surface area contributed by atoms with Gasteiger partial charge < -0.3 is 5.11 Å². The first-order chi connectivity index (χ1) is 4.70. The summed E-state index contributed by atoms with van der Waals surface area (Å²) in [5, 5.41) is 9.16. The Hall–Kier alpha value is -1.02. The van der Waals surface area contributed by atoms with Crippen molar-refractivity contribution in [1.82, 2.24) is 0 Å². The smallest absolute Gasteiger partial charge is 0.221 e. The lowest BCUT2D eigenvalue weighted by Gasteiger charge is -1.75. The van der Waals surface area contributed by atoms with E-state index in [4.69, 9.17) is 16.7 Å². The first-order valence-electron chi connectivity index (χ1n) is 2.69. The van der Waals surface area contributed by atoms with E-state index in [9.17, 15) is 4.79 Å². The van der Waals surface area contributed by atoms with Gasteiger partial charge in [-0.15, -0.1) is 0 Å². The van der Waals surface area contributed by atoms with Crippen molar-refractivity contribution in [3.05, 3.63) is 39.5 Å². The Kier molecular flexibility index (Phi) is 1.92. The van der Waals surface area contributed by atoms with Crippen molar-refractivity contribution in [2.75, 3.05) is 0 Å². The van der Waals surface area contributed by atoms with Crippen LogP contribution in [0.25, 0.3) is 0 Å². The Morgan fingerprint density at radius 2 is 2.10 bits per heavy atom. The Labute approximate surface area is 62.7 Å². The van der Waals surface area contributed by atoms with E-state index in [1.165, 1.54) is 18.2 Å². The minimum Gasteiger partial charge on any atom is -0.504 e. The fourth-order valence-electron chi connectivity index (χ4n) is 0.561. The van der Waals surface area contributed by atoms with Crippen molar-refractivity contribution in [3.63, 3.8) is 0 Å². The molecule has 0 radical (unpaired) electrons. The summed E-state index contributed by atoms with van der Waals surface area (Å²) in [7, 11) is 0. The van der Waals surface area contributed by atoms with Crippen LogP contribution in [0.15, 0.2) is 29.1 Å². The van der Waals surface area contributed by atoms with Crippen LogP contribution in [0.3, 0.4) is 0 Å². The van der Waals surface area contributed by atoms with Crippen LogP contribution in [-0.2, 0) is 0 Å². The lowest BCUT2D eigenvalue weighted by atomic mass is 10.5. The fraction of sp³-hybridized carbons (Fsp3) is 0. The monoisotopic (exact) mass is 156 g/mol. The van der Waals surface area contributed by atoms with Gasteiger partial charge in [0.1, 0.15) is 0 Å². The Morgan fingerprint density at radius 1 is 1.40 bits per heavy atom. The van der Waals surface area contributed by atoms with Gasteiger partial charge in [-0.2, -0.15) is 0 Å². The molecule has 52 valence electrons. The quantitative estimate of drug-likeness (QED) is 0.617. The van der Waals surface area contributed by atoms with E-state index >= 15 is 0 Å². The van der Waals surface area contributed by atoms with E-state index in [1.807, 2.05) is 0 Å². The molecular formula is C7H5ClO2. The average molecular weight is 157 g/mol. The van der Waals surface area contributed by atoms with Gasteiger partial charge in [0.25, 0.3) is 0 Å². The molecule has 0 atom stereocenters. The van der Waals surface area contributed by atoms with Crippen molar-refractivity contribution >= 4 is 11.6 Å². The maximum atomic E-state index is 10.7. The van der Waals surface area contributed by atoms with Crippen LogP contribution in [0.2, 0.25) is 5.02 Å². The molecule has 1 rings (SSSR count). The molecule has 0 heterocycles. The molecule has 0 unspecified atom stereocenters. The highest BCUT2D eigenvalue weighted by atomic mass is 35.5. The summed E-state index contributed by atoms with van der Waals surface area (Å²) in [5.74, 6) is -0.285. The van der Waals surface area contributed by atoms with Crippen LogP contribution in [0.5, 0.6) is 5.75 Å². The summed E-state index contributed by atoms with van der Waals surface area (Å²) in [5.41, 5.74) is -0.463. The molecule has 0 saturated carbocycles. The van der Waals surface area contributed by atoms with Gasteiger partial charge in [-0.05, 0) is 12.1 Å². The Morgan fingerprint density at radius 3 is 2.80 bits per heavy atom. The van der Waals surface area contributed by atoms with Crippen molar-refractivity contribution < 1.29 is 5.11 Å². The molecule has 0 saturated heterocycles. The summed E-state index contributed by atoms with van der Waals surface area (Å²) in [6.45, 7) is 0. The lowest BCUT2D eigenvalue weighted by Crippen LogP contribution is -1.91. The van der Waals surface area contributed by atoms with E-state index in [-0.39, 0.29) is 5.75 Å². The number of aromatic hydroxyl groups is 1. The zero-order valence-corrected chi connectivity index (χ0v) is 5.80. The van der Waals surface area contributed by atoms with E-state index in [0.29, 0.717) is 5.02 Å². The molecule has 10 heavy (non-hydrogen) atoms. The molecule has 1 aromatic carbocycles. The number of hydrogen-bond donors (Lipinski definition) is 1. The molecule has 0 fully saturated rings. The lowest BCUT2D eigenvalue weighted by molar-refractivity contribution is 0.471. The van der Waals surface area contributed by atoms with Crippen LogP contribution < -0.4 is 5.43 Å². The van der Waals surface area contributed by atoms with Crippen LogP contribution in [-0.4, -0.2) is 5.11 Å². The van der Waals surface area contributed by atoms with Crippen molar-refractivity contribution in [3.8, 4) is 5.75 Å². The molecule has 0 spiro atoms. The van der Waals surface area contributed by atoms with Crippen LogP contribution in [0.4, 0.5) is 0 Å². The fourth-order valence-corrected chi connectivity index (χ4v) is 0.732. The number of hydrogen-bond acceptors (Lipinski definition) is 2. The summed E-state index contributed by atoms with van der Waals surface area (Å²) in [6.07, 6.45) is 0. The average Bonchev–Trinajstić information content (AvgIpc) is 1.96. The van der Waals surface area contributed by atoms with Gasteiger partial charge in [0.2, 0.25) is 5.43 Å². The third-order valence-corrected chi connectivity index (χ3v) is 1.27. The van der Waals surface area contributed by atoms with E-state index < -0.39 is 5.43 Å². The van der Waals surface area contributed by atoms with Crippen LogP contribution >= 0.6 is 11.6 Å². The first kappa shape index (κ1) is 7.09. The predicted molar refractivity (Wildman–Crippen MR) is 39.4 cm³/mol. The van der Waals surface area contributed by atoms with Gasteiger partial charge in [0, 0.05) is 11.1 Å². The van der Waals surface area contributed by atoms with E-state index in [0.717, 1.165) is 6.07 Å².